The summed E-state index contributed by atoms with van der Waals surface area (Å²) in [7, 11) is 0. The van der Waals surface area contributed by atoms with Crippen LogP contribution in [0.25, 0.3) is 0 Å². The van der Waals surface area contributed by atoms with E-state index in [1.165, 1.54) is 5.57 Å². The molecule has 2 heterocycles. The lowest BCUT2D eigenvalue weighted by Crippen LogP contribution is -2.32. The number of nitrogens with one attached hydrogen (secondary N) is 1. The van der Waals surface area contributed by atoms with Crippen LogP contribution in [0.5, 0.6) is 5.75 Å². The monoisotopic (exact) mass is 217 g/mol. The number of fused-ring (bicyclic) bond motifs is 3. The highest BCUT2D eigenvalue weighted by Crippen LogP contribution is 2.53. The van der Waals surface area contributed by atoms with E-state index in [-0.39, 0.29) is 17.1 Å². The van der Waals surface area contributed by atoms with Crippen LogP contribution >= 0.6 is 0 Å². The van der Waals surface area contributed by atoms with Crippen molar-refractivity contribution < 1.29 is 4.74 Å². The third-order valence-electron chi connectivity index (χ3n) is 3.95. The number of ether oxygens (including phenoxy) is 1. The zero-order valence-electron chi connectivity index (χ0n) is 9.70. The van der Waals surface area contributed by atoms with E-state index in [1.807, 2.05) is 6.07 Å². The Labute approximate surface area is 94.1 Å². The molecule has 16 heavy (non-hydrogen) atoms. The molecule has 3 rings (SSSR count). The standard InChI is InChI=1S/C13H15NO2/c1-7-6-13(3)11(8(7)2)10-9(16-13)4-5-14-12(10)15/h4-6,8,11H,1-3H3,(H,14,15)/t8-,11-,13-/m0/s1. The molecule has 3 heteroatoms. The van der Waals surface area contributed by atoms with Crippen molar-refractivity contribution in [3.63, 3.8) is 0 Å². The molecule has 3 nitrogen and oxygen atoms in total. The first-order chi connectivity index (χ1) is 7.53. The second kappa shape index (κ2) is 2.78. The van der Waals surface area contributed by atoms with Crippen molar-refractivity contribution in [1.29, 1.82) is 0 Å². The molecule has 0 aromatic carbocycles. The summed E-state index contributed by atoms with van der Waals surface area (Å²) in [5.74, 6) is 1.27. The zero-order chi connectivity index (χ0) is 11.5. The molecular weight excluding hydrogens is 202 g/mol. The third-order valence-corrected chi connectivity index (χ3v) is 3.95. The lowest BCUT2D eigenvalue weighted by Gasteiger charge is -2.24. The normalized spacial score (nSPS) is 35.3. The summed E-state index contributed by atoms with van der Waals surface area (Å²) >= 11 is 0. The van der Waals surface area contributed by atoms with Crippen molar-refractivity contribution in [2.75, 3.05) is 0 Å². The SMILES string of the molecule is CC1=C[C@]2(C)Oc3cc[nH]c(=O)c3[C@@H]2[C@H]1C. The predicted octanol–water partition coefficient (Wildman–Crippen LogP) is 2.21. The van der Waals surface area contributed by atoms with E-state index >= 15 is 0 Å². The predicted molar refractivity (Wildman–Crippen MR) is 61.8 cm³/mol. The first-order valence-corrected chi connectivity index (χ1v) is 5.63. The molecule has 1 N–H and O–H groups in total. The lowest BCUT2D eigenvalue weighted by molar-refractivity contribution is 0.141. The van der Waals surface area contributed by atoms with Gasteiger partial charge in [-0.05, 0) is 31.9 Å². The summed E-state index contributed by atoms with van der Waals surface area (Å²) in [5.41, 5.74) is 1.77. The summed E-state index contributed by atoms with van der Waals surface area (Å²) in [6.07, 6.45) is 3.80. The molecule has 84 valence electrons. The Balaban J connectivity index is 2.24. The first kappa shape index (κ1) is 9.70. The molecule has 0 radical (unpaired) electrons. The van der Waals surface area contributed by atoms with Crippen LogP contribution in [0.4, 0.5) is 0 Å². The number of aromatic nitrogens is 1. The smallest absolute Gasteiger partial charge is 0.255 e. The third kappa shape index (κ3) is 1.01. The Morgan fingerprint density at radius 1 is 1.50 bits per heavy atom. The van der Waals surface area contributed by atoms with Crippen LogP contribution in [0.3, 0.4) is 0 Å². The maximum absolute atomic E-state index is 11.9. The summed E-state index contributed by atoms with van der Waals surface area (Å²) in [6.45, 7) is 6.32. The van der Waals surface area contributed by atoms with Gasteiger partial charge in [0.2, 0.25) is 0 Å². The van der Waals surface area contributed by atoms with Crippen LogP contribution in [-0.4, -0.2) is 10.6 Å². The van der Waals surface area contributed by atoms with Gasteiger partial charge in [-0.15, -0.1) is 0 Å². The Hall–Kier alpha value is -1.51. The fourth-order valence-electron chi connectivity index (χ4n) is 3.16. The molecule has 0 unspecified atom stereocenters. The van der Waals surface area contributed by atoms with E-state index in [9.17, 15) is 4.79 Å². The van der Waals surface area contributed by atoms with Crippen molar-refractivity contribution in [2.45, 2.75) is 32.3 Å². The topological polar surface area (TPSA) is 42.1 Å². The maximum Gasteiger partial charge on any atom is 0.255 e. The van der Waals surface area contributed by atoms with E-state index in [0.717, 1.165) is 11.3 Å². The fraction of sp³-hybridized carbons (Fsp3) is 0.462. The number of aromatic amines is 1. The van der Waals surface area contributed by atoms with E-state index in [1.54, 1.807) is 6.20 Å². The van der Waals surface area contributed by atoms with E-state index < -0.39 is 0 Å². The lowest BCUT2D eigenvalue weighted by atomic mass is 9.82. The largest absolute Gasteiger partial charge is 0.482 e. The Bertz CT molecular complexity index is 543. The first-order valence-electron chi connectivity index (χ1n) is 5.63. The molecule has 1 aromatic heterocycles. The molecule has 0 saturated carbocycles. The molecule has 1 aromatic rings. The van der Waals surface area contributed by atoms with Crippen molar-refractivity contribution in [3.8, 4) is 5.75 Å². The van der Waals surface area contributed by atoms with Crippen LogP contribution in [0, 0.1) is 5.92 Å². The average molecular weight is 217 g/mol. The number of hydrogen-bond acceptors (Lipinski definition) is 2. The molecule has 0 amide bonds. The highest BCUT2D eigenvalue weighted by molar-refractivity contribution is 5.48. The van der Waals surface area contributed by atoms with Gasteiger partial charge >= 0.3 is 0 Å². The number of rotatable bonds is 0. The van der Waals surface area contributed by atoms with Crippen LogP contribution < -0.4 is 10.3 Å². The number of allylic oxidation sites excluding steroid dienone is 1. The van der Waals surface area contributed by atoms with Gasteiger partial charge in [0.1, 0.15) is 11.4 Å². The van der Waals surface area contributed by atoms with Crippen molar-refractivity contribution in [1.82, 2.24) is 4.98 Å². The summed E-state index contributed by atoms with van der Waals surface area (Å²) in [4.78, 5) is 14.6. The molecule has 1 aliphatic carbocycles. The van der Waals surface area contributed by atoms with Crippen LogP contribution in [0.2, 0.25) is 0 Å². The summed E-state index contributed by atoms with van der Waals surface area (Å²) < 4.78 is 5.94. The van der Waals surface area contributed by atoms with Crippen molar-refractivity contribution in [3.05, 3.63) is 39.8 Å². The van der Waals surface area contributed by atoms with Crippen molar-refractivity contribution in [2.24, 2.45) is 5.92 Å². The van der Waals surface area contributed by atoms with Gasteiger partial charge in [0.25, 0.3) is 5.56 Å². The Morgan fingerprint density at radius 3 is 3.00 bits per heavy atom. The minimum absolute atomic E-state index is 0.0128. The fourth-order valence-corrected chi connectivity index (χ4v) is 3.16. The summed E-state index contributed by atoms with van der Waals surface area (Å²) in [5, 5.41) is 0. The minimum atomic E-state index is -0.333. The van der Waals surface area contributed by atoms with Gasteiger partial charge in [0.15, 0.2) is 0 Å². The van der Waals surface area contributed by atoms with Gasteiger partial charge in [-0.3, -0.25) is 4.79 Å². The van der Waals surface area contributed by atoms with Gasteiger partial charge < -0.3 is 9.72 Å². The van der Waals surface area contributed by atoms with E-state index in [2.05, 4.69) is 31.8 Å². The van der Waals surface area contributed by atoms with Crippen LogP contribution in [0.1, 0.15) is 32.3 Å². The van der Waals surface area contributed by atoms with Gasteiger partial charge in [-0.1, -0.05) is 12.5 Å². The molecule has 0 saturated heterocycles. The molecule has 3 atom stereocenters. The van der Waals surface area contributed by atoms with E-state index in [0.29, 0.717) is 5.92 Å². The molecular formula is C13H15NO2. The number of H-pyrrole nitrogens is 1. The quantitative estimate of drug-likeness (QED) is 0.677. The van der Waals surface area contributed by atoms with Gasteiger partial charge in [-0.2, -0.15) is 0 Å². The highest BCUT2D eigenvalue weighted by Gasteiger charge is 2.51. The van der Waals surface area contributed by atoms with E-state index in [4.69, 9.17) is 4.74 Å². The maximum atomic E-state index is 11.9. The second-order valence-electron chi connectivity index (χ2n) is 5.03. The molecule has 0 spiro atoms. The zero-order valence-corrected chi connectivity index (χ0v) is 9.70. The minimum Gasteiger partial charge on any atom is -0.482 e. The molecule has 0 bridgehead atoms. The summed E-state index contributed by atoms with van der Waals surface area (Å²) in [6, 6.07) is 1.84. The molecule has 1 aliphatic heterocycles. The van der Waals surface area contributed by atoms with Gasteiger partial charge in [-0.25, -0.2) is 0 Å². The second-order valence-corrected chi connectivity index (χ2v) is 5.03. The number of pyridine rings is 1. The van der Waals surface area contributed by atoms with Crippen molar-refractivity contribution >= 4 is 0 Å². The van der Waals surface area contributed by atoms with Crippen LogP contribution in [-0.2, 0) is 0 Å². The van der Waals surface area contributed by atoms with Gasteiger partial charge in [0.05, 0.1) is 5.56 Å². The van der Waals surface area contributed by atoms with Crippen LogP contribution in [0.15, 0.2) is 28.7 Å². The van der Waals surface area contributed by atoms with Gasteiger partial charge in [0, 0.05) is 12.1 Å². The highest BCUT2D eigenvalue weighted by atomic mass is 16.5. The molecule has 0 fully saturated rings. The Morgan fingerprint density at radius 2 is 2.25 bits per heavy atom. The average Bonchev–Trinajstić information content (AvgIpc) is 2.60. The number of hydrogen-bond donors (Lipinski definition) is 1. The Kier molecular flexibility index (Phi) is 1.69. The molecule has 2 aliphatic rings.